The molecule has 0 aliphatic rings. The van der Waals surface area contributed by atoms with Crippen molar-refractivity contribution in [3.63, 3.8) is 0 Å². The normalized spacial score (nSPS) is 12.3. The van der Waals surface area contributed by atoms with Gasteiger partial charge in [-0.15, -0.1) is 0 Å². The lowest BCUT2D eigenvalue weighted by atomic mass is 9.86. The molecule has 0 aliphatic heterocycles. The zero-order chi connectivity index (χ0) is 23.7. The number of nitrogens with zero attached hydrogens (tertiary/aromatic N) is 1. The summed E-state index contributed by atoms with van der Waals surface area (Å²) >= 11 is 0. The van der Waals surface area contributed by atoms with Gasteiger partial charge in [-0.2, -0.15) is 0 Å². The van der Waals surface area contributed by atoms with Crippen molar-refractivity contribution in [3.8, 4) is 0 Å². The van der Waals surface area contributed by atoms with Crippen LogP contribution in [0.3, 0.4) is 0 Å². The molecule has 0 fully saturated rings. The van der Waals surface area contributed by atoms with E-state index in [4.69, 9.17) is 0 Å². The topological polar surface area (TPSA) is 49.4 Å². The summed E-state index contributed by atoms with van der Waals surface area (Å²) in [5, 5.41) is 2.89. The molecule has 0 saturated heterocycles. The number of nitrogens with one attached hydrogen (secondary N) is 1. The van der Waals surface area contributed by atoms with Crippen LogP contribution in [0.5, 0.6) is 0 Å². The first-order valence-corrected chi connectivity index (χ1v) is 11.5. The van der Waals surface area contributed by atoms with E-state index in [-0.39, 0.29) is 36.0 Å². The molecule has 0 aromatic heterocycles. The zero-order valence-electron chi connectivity index (χ0n) is 20.1. The molecule has 32 heavy (non-hydrogen) atoms. The minimum absolute atomic E-state index is 0.0663. The Balaban J connectivity index is 2.12. The van der Waals surface area contributed by atoms with Gasteiger partial charge in [0.25, 0.3) is 0 Å². The Morgan fingerprint density at radius 2 is 1.72 bits per heavy atom. The van der Waals surface area contributed by atoms with Gasteiger partial charge in [0.1, 0.15) is 11.9 Å². The van der Waals surface area contributed by atoms with Crippen molar-refractivity contribution in [1.29, 1.82) is 0 Å². The minimum atomic E-state index is -0.678. The molecule has 4 nitrogen and oxygen atoms in total. The lowest BCUT2D eigenvalue weighted by Gasteiger charge is -2.29. The van der Waals surface area contributed by atoms with Crippen LogP contribution in [-0.4, -0.2) is 29.3 Å². The number of amides is 2. The molecule has 0 spiro atoms. The van der Waals surface area contributed by atoms with Gasteiger partial charge in [-0.05, 0) is 42.4 Å². The number of hydrogen-bond donors (Lipinski definition) is 1. The van der Waals surface area contributed by atoms with E-state index in [1.165, 1.54) is 16.5 Å². The third-order valence-corrected chi connectivity index (χ3v) is 5.74. The van der Waals surface area contributed by atoms with Crippen LogP contribution in [0, 0.1) is 5.82 Å². The van der Waals surface area contributed by atoms with Crippen molar-refractivity contribution >= 4 is 11.8 Å². The van der Waals surface area contributed by atoms with E-state index in [0.717, 1.165) is 18.4 Å². The maximum Gasteiger partial charge on any atom is 0.242 e. The molecule has 174 valence electrons. The van der Waals surface area contributed by atoms with Gasteiger partial charge in [-0.3, -0.25) is 9.59 Å². The Hall–Kier alpha value is -2.69. The van der Waals surface area contributed by atoms with Crippen molar-refractivity contribution in [2.45, 2.75) is 78.3 Å². The Kier molecular flexibility index (Phi) is 9.42. The monoisotopic (exact) mass is 440 g/mol. The number of halogens is 1. The first kappa shape index (κ1) is 25.6. The third kappa shape index (κ3) is 7.47. The molecule has 0 aliphatic carbocycles. The Morgan fingerprint density at radius 3 is 2.31 bits per heavy atom. The number of benzene rings is 2. The predicted molar refractivity (Wildman–Crippen MR) is 128 cm³/mol. The van der Waals surface area contributed by atoms with E-state index in [1.807, 2.05) is 0 Å². The fourth-order valence-electron chi connectivity index (χ4n) is 3.50. The highest BCUT2D eigenvalue weighted by Crippen LogP contribution is 2.23. The number of carbonyl (C=O) groups is 2. The lowest BCUT2D eigenvalue weighted by molar-refractivity contribution is -0.140. The van der Waals surface area contributed by atoms with E-state index in [9.17, 15) is 14.0 Å². The maximum atomic E-state index is 14.3. The highest BCUT2D eigenvalue weighted by Gasteiger charge is 2.26. The highest BCUT2D eigenvalue weighted by molar-refractivity contribution is 5.87. The Labute approximate surface area is 192 Å². The second kappa shape index (κ2) is 11.8. The van der Waals surface area contributed by atoms with Gasteiger partial charge in [0, 0.05) is 25.1 Å². The molecular weight excluding hydrogens is 403 g/mol. The quantitative estimate of drug-likeness (QED) is 0.504. The van der Waals surface area contributed by atoms with Crippen LogP contribution < -0.4 is 5.32 Å². The van der Waals surface area contributed by atoms with Crippen LogP contribution in [0.1, 0.15) is 70.6 Å². The van der Waals surface area contributed by atoms with Gasteiger partial charge in [0.2, 0.25) is 11.8 Å². The number of unbranched alkanes of at least 4 members (excludes halogenated alkanes) is 1. The maximum absolute atomic E-state index is 14.3. The molecule has 2 amide bonds. The van der Waals surface area contributed by atoms with Crippen LogP contribution in [0.25, 0.3) is 0 Å². The number of carbonyl (C=O) groups excluding carboxylic acids is 2. The molecule has 1 N–H and O–H groups in total. The molecular formula is C27H37FN2O2. The molecule has 2 aromatic carbocycles. The summed E-state index contributed by atoms with van der Waals surface area (Å²) < 4.78 is 14.3. The van der Waals surface area contributed by atoms with Gasteiger partial charge in [-0.1, -0.05) is 76.6 Å². The van der Waals surface area contributed by atoms with Crippen molar-refractivity contribution < 1.29 is 14.0 Å². The van der Waals surface area contributed by atoms with E-state index in [0.29, 0.717) is 18.5 Å². The molecule has 1 atom stereocenters. The van der Waals surface area contributed by atoms with E-state index in [1.54, 1.807) is 25.1 Å². The molecule has 5 heteroatoms. The SMILES string of the molecule is CCCCNC(=O)[C@H](C)N(Cc1ccccc1F)C(=O)CCc1ccc(C(C)(C)C)cc1. The van der Waals surface area contributed by atoms with Gasteiger partial charge in [-0.25, -0.2) is 4.39 Å². The summed E-state index contributed by atoms with van der Waals surface area (Å²) in [6.07, 6.45) is 2.68. The standard InChI is InChI=1S/C27H37FN2O2/c1-6-7-18-29-26(32)20(2)30(19-22-10-8-9-11-24(22)28)25(31)17-14-21-12-15-23(16-13-21)27(3,4)5/h8-13,15-16,20H,6-7,14,17-19H2,1-5H3,(H,29,32)/t20-/m0/s1. The number of aryl methyl sites for hydroxylation is 1. The minimum Gasteiger partial charge on any atom is -0.354 e. The number of hydrogen-bond acceptors (Lipinski definition) is 2. The van der Waals surface area contributed by atoms with Crippen molar-refractivity contribution in [2.24, 2.45) is 0 Å². The Bertz CT molecular complexity index is 887. The first-order chi connectivity index (χ1) is 15.1. The molecule has 2 aromatic rings. The molecule has 0 bridgehead atoms. The van der Waals surface area contributed by atoms with E-state index in [2.05, 4.69) is 57.3 Å². The summed E-state index contributed by atoms with van der Waals surface area (Å²) in [6.45, 7) is 10.9. The number of rotatable bonds is 10. The van der Waals surface area contributed by atoms with Gasteiger partial charge in [0.05, 0.1) is 0 Å². The highest BCUT2D eigenvalue weighted by atomic mass is 19.1. The Morgan fingerprint density at radius 1 is 1.06 bits per heavy atom. The summed E-state index contributed by atoms with van der Waals surface area (Å²) in [5.74, 6) is -0.745. The average Bonchev–Trinajstić information content (AvgIpc) is 2.76. The van der Waals surface area contributed by atoms with Crippen LogP contribution in [0.2, 0.25) is 0 Å². The van der Waals surface area contributed by atoms with Crippen molar-refractivity contribution in [3.05, 3.63) is 71.0 Å². The third-order valence-electron chi connectivity index (χ3n) is 5.74. The fourth-order valence-corrected chi connectivity index (χ4v) is 3.50. The van der Waals surface area contributed by atoms with Crippen molar-refractivity contribution in [1.82, 2.24) is 10.2 Å². The van der Waals surface area contributed by atoms with Crippen LogP contribution in [-0.2, 0) is 28.0 Å². The summed E-state index contributed by atoms with van der Waals surface area (Å²) in [5.41, 5.74) is 2.79. The van der Waals surface area contributed by atoms with Gasteiger partial charge < -0.3 is 10.2 Å². The molecule has 0 unspecified atom stereocenters. The van der Waals surface area contributed by atoms with Crippen LogP contribution in [0.15, 0.2) is 48.5 Å². The largest absolute Gasteiger partial charge is 0.354 e. The summed E-state index contributed by atoms with van der Waals surface area (Å²) in [7, 11) is 0. The summed E-state index contributed by atoms with van der Waals surface area (Å²) in [6, 6.07) is 14.0. The van der Waals surface area contributed by atoms with Gasteiger partial charge in [0.15, 0.2) is 0 Å². The summed E-state index contributed by atoms with van der Waals surface area (Å²) in [4.78, 5) is 27.3. The first-order valence-electron chi connectivity index (χ1n) is 11.5. The van der Waals surface area contributed by atoms with Crippen LogP contribution in [0.4, 0.5) is 4.39 Å². The van der Waals surface area contributed by atoms with Gasteiger partial charge >= 0.3 is 0 Å². The fraction of sp³-hybridized carbons (Fsp3) is 0.481. The lowest BCUT2D eigenvalue weighted by Crippen LogP contribution is -2.48. The van der Waals surface area contributed by atoms with Crippen LogP contribution >= 0.6 is 0 Å². The zero-order valence-corrected chi connectivity index (χ0v) is 20.1. The molecule has 0 radical (unpaired) electrons. The van der Waals surface area contributed by atoms with Crippen molar-refractivity contribution in [2.75, 3.05) is 6.54 Å². The molecule has 0 heterocycles. The molecule has 2 rings (SSSR count). The van der Waals surface area contributed by atoms with E-state index >= 15 is 0 Å². The average molecular weight is 441 g/mol. The second-order valence-corrected chi connectivity index (χ2v) is 9.38. The molecule has 0 saturated carbocycles. The smallest absolute Gasteiger partial charge is 0.242 e. The predicted octanol–water partition coefficient (Wildman–Crippen LogP) is 5.39. The van der Waals surface area contributed by atoms with E-state index < -0.39 is 6.04 Å². The second-order valence-electron chi connectivity index (χ2n) is 9.38.